The lowest BCUT2D eigenvalue weighted by atomic mass is 10.1. The van der Waals surface area contributed by atoms with E-state index in [0.717, 1.165) is 0 Å². The number of aliphatic hydroxyl groups is 1. The maximum atomic E-state index is 11.7. The van der Waals surface area contributed by atoms with Gasteiger partial charge < -0.3 is 10.4 Å². The van der Waals surface area contributed by atoms with Crippen LogP contribution in [-0.4, -0.2) is 24.2 Å². The van der Waals surface area contributed by atoms with Crippen molar-refractivity contribution in [3.8, 4) is 0 Å². The lowest BCUT2D eigenvalue weighted by Gasteiger charge is -2.10. The van der Waals surface area contributed by atoms with Crippen molar-refractivity contribution in [3.05, 3.63) is 33.3 Å². The molecule has 3 nitrogen and oxygen atoms in total. The normalized spacial score (nSPS) is 12.2. The number of carbonyl (C=O) groups excluding carboxylic acids is 1. The fraction of sp³-hybridized carbons (Fsp3) is 0.364. The Morgan fingerprint density at radius 3 is 2.94 bits per heavy atom. The summed E-state index contributed by atoms with van der Waals surface area (Å²) in [5.41, 5.74) is 0.432. The zero-order chi connectivity index (χ0) is 12.1. The molecule has 2 N–H and O–H groups in total. The third-order valence-electron chi connectivity index (χ3n) is 2.12. The number of hydrogen-bond acceptors (Lipinski definition) is 2. The molecule has 0 saturated carbocycles. The van der Waals surface area contributed by atoms with Crippen molar-refractivity contribution < 1.29 is 9.90 Å². The van der Waals surface area contributed by atoms with Gasteiger partial charge in [-0.3, -0.25) is 4.79 Å². The molecule has 0 saturated heterocycles. The molecule has 0 aliphatic rings. The minimum atomic E-state index is -0.230. The second-order valence-electron chi connectivity index (χ2n) is 3.60. The summed E-state index contributed by atoms with van der Waals surface area (Å²) in [6, 6.07) is 5.18. The highest BCUT2D eigenvalue weighted by Gasteiger charge is 2.12. The second kappa shape index (κ2) is 6.23. The summed E-state index contributed by atoms with van der Waals surface area (Å²) in [5.74, 6) is -0.193. The summed E-state index contributed by atoms with van der Waals surface area (Å²) in [7, 11) is 0. The SMILES string of the molecule is CC(CO)CNC(=O)c1cccc(Br)c1Cl. The van der Waals surface area contributed by atoms with Crippen LogP contribution in [0.4, 0.5) is 0 Å². The van der Waals surface area contributed by atoms with Gasteiger partial charge in [-0.1, -0.05) is 24.6 Å². The van der Waals surface area contributed by atoms with Crippen molar-refractivity contribution in [1.82, 2.24) is 5.32 Å². The Kier molecular flexibility index (Phi) is 5.25. The fourth-order valence-corrected chi connectivity index (χ4v) is 1.68. The van der Waals surface area contributed by atoms with Crippen LogP contribution in [0.25, 0.3) is 0 Å². The summed E-state index contributed by atoms with van der Waals surface area (Å²) < 4.78 is 0.692. The monoisotopic (exact) mass is 305 g/mol. The first-order valence-electron chi connectivity index (χ1n) is 4.89. The molecule has 88 valence electrons. The molecule has 1 unspecified atom stereocenters. The minimum absolute atomic E-state index is 0.0369. The lowest BCUT2D eigenvalue weighted by Crippen LogP contribution is -2.29. The average Bonchev–Trinajstić information content (AvgIpc) is 2.29. The maximum Gasteiger partial charge on any atom is 0.252 e. The highest BCUT2D eigenvalue weighted by atomic mass is 79.9. The van der Waals surface area contributed by atoms with Gasteiger partial charge in [0.2, 0.25) is 0 Å². The molecule has 0 aliphatic heterocycles. The van der Waals surface area contributed by atoms with Crippen LogP contribution >= 0.6 is 27.5 Å². The van der Waals surface area contributed by atoms with E-state index in [-0.39, 0.29) is 18.4 Å². The number of hydrogen-bond donors (Lipinski definition) is 2. The third kappa shape index (κ3) is 3.47. The quantitative estimate of drug-likeness (QED) is 0.898. The van der Waals surface area contributed by atoms with Gasteiger partial charge in [-0.15, -0.1) is 0 Å². The van der Waals surface area contributed by atoms with Crippen molar-refractivity contribution in [2.24, 2.45) is 5.92 Å². The van der Waals surface area contributed by atoms with Gasteiger partial charge in [-0.25, -0.2) is 0 Å². The molecule has 1 aromatic rings. The highest BCUT2D eigenvalue weighted by molar-refractivity contribution is 9.10. The molecule has 1 atom stereocenters. The van der Waals surface area contributed by atoms with Crippen LogP contribution in [0.5, 0.6) is 0 Å². The van der Waals surface area contributed by atoms with Gasteiger partial charge in [0.1, 0.15) is 0 Å². The van der Waals surface area contributed by atoms with E-state index in [1.165, 1.54) is 0 Å². The van der Waals surface area contributed by atoms with Crippen LogP contribution in [0, 0.1) is 5.92 Å². The van der Waals surface area contributed by atoms with Crippen molar-refractivity contribution in [2.45, 2.75) is 6.92 Å². The molecule has 0 fully saturated rings. The topological polar surface area (TPSA) is 49.3 Å². The molecule has 0 aromatic heterocycles. The molecule has 0 bridgehead atoms. The number of aliphatic hydroxyl groups excluding tert-OH is 1. The van der Waals surface area contributed by atoms with Crippen LogP contribution in [-0.2, 0) is 0 Å². The standard InChI is InChI=1S/C11H13BrClNO2/c1-7(6-15)5-14-11(16)8-3-2-4-9(12)10(8)13/h2-4,7,15H,5-6H2,1H3,(H,14,16). The Morgan fingerprint density at radius 1 is 1.62 bits per heavy atom. The van der Waals surface area contributed by atoms with Crippen LogP contribution in [0.15, 0.2) is 22.7 Å². The average molecular weight is 307 g/mol. The highest BCUT2D eigenvalue weighted by Crippen LogP contribution is 2.25. The summed E-state index contributed by atoms with van der Waals surface area (Å²) in [6.07, 6.45) is 0. The Balaban J connectivity index is 2.70. The molecule has 1 amide bonds. The predicted octanol–water partition coefficient (Wildman–Crippen LogP) is 2.46. The van der Waals surface area contributed by atoms with E-state index in [0.29, 0.717) is 21.6 Å². The summed E-state index contributed by atoms with van der Waals surface area (Å²) in [4.78, 5) is 11.7. The van der Waals surface area contributed by atoms with E-state index in [2.05, 4.69) is 21.2 Å². The van der Waals surface area contributed by atoms with Gasteiger partial charge >= 0.3 is 0 Å². The Morgan fingerprint density at radius 2 is 2.31 bits per heavy atom. The van der Waals surface area contributed by atoms with E-state index in [4.69, 9.17) is 16.7 Å². The maximum absolute atomic E-state index is 11.7. The Labute approximate surface area is 108 Å². The summed E-state index contributed by atoms with van der Waals surface area (Å²) >= 11 is 9.24. The molecular weight excluding hydrogens is 293 g/mol. The van der Waals surface area contributed by atoms with Gasteiger partial charge in [0.25, 0.3) is 5.91 Å². The first-order chi connectivity index (χ1) is 7.56. The van der Waals surface area contributed by atoms with E-state index >= 15 is 0 Å². The van der Waals surface area contributed by atoms with Gasteiger partial charge in [-0.05, 0) is 34.0 Å². The van der Waals surface area contributed by atoms with E-state index in [1.54, 1.807) is 18.2 Å². The molecule has 0 aliphatic carbocycles. The smallest absolute Gasteiger partial charge is 0.252 e. The molecule has 0 radical (unpaired) electrons. The number of benzene rings is 1. The molecule has 5 heteroatoms. The van der Waals surface area contributed by atoms with Crippen molar-refractivity contribution in [1.29, 1.82) is 0 Å². The number of carbonyl (C=O) groups is 1. The van der Waals surface area contributed by atoms with Crippen LogP contribution in [0.3, 0.4) is 0 Å². The van der Waals surface area contributed by atoms with Crippen LogP contribution in [0.1, 0.15) is 17.3 Å². The second-order valence-corrected chi connectivity index (χ2v) is 4.83. The van der Waals surface area contributed by atoms with Gasteiger partial charge in [0.15, 0.2) is 0 Å². The van der Waals surface area contributed by atoms with Crippen molar-refractivity contribution in [3.63, 3.8) is 0 Å². The number of amides is 1. The third-order valence-corrected chi connectivity index (χ3v) is 3.42. The van der Waals surface area contributed by atoms with E-state index < -0.39 is 0 Å². The minimum Gasteiger partial charge on any atom is -0.396 e. The Bertz CT molecular complexity index is 384. The molecule has 16 heavy (non-hydrogen) atoms. The number of rotatable bonds is 4. The summed E-state index contributed by atoms with van der Waals surface area (Å²) in [6.45, 7) is 2.33. The Hall–Kier alpha value is -0.580. The molecule has 1 rings (SSSR count). The molecular formula is C11H13BrClNO2. The number of halogens is 2. The zero-order valence-corrected chi connectivity index (χ0v) is 11.2. The fourth-order valence-electron chi connectivity index (χ4n) is 1.11. The van der Waals surface area contributed by atoms with Gasteiger partial charge in [-0.2, -0.15) is 0 Å². The summed E-state index contributed by atoms with van der Waals surface area (Å²) in [5, 5.41) is 11.9. The predicted molar refractivity (Wildman–Crippen MR) is 67.7 cm³/mol. The van der Waals surface area contributed by atoms with Crippen molar-refractivity contribution in [2.75, 3.05) is 13.2 Å². The zero-order valence-electron chi connectivity index (χ0n) is 8.84. The van der Waals surface area contributed by atoms with Gasteiger partial charge in [0, 0.05) is 17.6 Å². The molecule has 0 heterocycles. The largest absolute Gasteiger partial charge is 0.396 e. The van der Waals surface area contributed by atoms with Gasteiger partial charge in [0.05, 0.1) is 10.6 Å². The van der Waals surface area contributed by atoms with Crippen LogP contribution in [0.2, 0.25) is 5.02 Å². The van der Waals surface area contributed by atoms with Crippen LogP contribution < -0.4 is 5.32 Å². The van der Waals surface area contributed by atoms with E-state index in [1.807, 2.05) is 6.92 Å². The lowest BCUT2D eigenvalue weighted by molar-refractivity contribution is 0.0942. The first kappa shape index (κ1) is 13.5. The van der Waals surface area contributed by atoms with E-state index in [9.17, 15) is 4.79 Å². The first-order valence-corrected chi connectivity index (χ1v) is 6.06. The van der Waals surface area contributed by atoms with Crippen molar-refractivity contribution >= 4 is 33.4 Å². The number of nitrogens with one attached hydrogen (secondary N) is 1. The molecule has 0 spiro atoms. The molecule has 1 aromatic carbocycles.